The van der Waals surface area contributed by atoms with Crippen molar-refractivity contribution in [2.24, 2.45) is 10.9 Å². The number of aryl methyl sites for hydroxylation is 1. The number of hydrogen-bond donors (Lipinski definition) is 2. The van der Waals surface area contributed by atoms with Crippen LogP contribution in [-0.4, -0.2) is 20.4 Å². The van der Waals surface area contributed by atoms with Crippen LogP contribution >= 0.6 is 0 Å². The highest BCUT2D eigenvalue weighted by molar-refractivity contribution is 6.03. The molecular formula is C9H10N4O. The molecule has 0 saturated heterocycles. The van der Waals surface area contributed by atoms with Gasteiger partial charge in [0.2, 0.25) is 0 Å². The Morgan fingerprint density at radius 1 is 1.64 bits per heavy atom. The molecule has 0 amide bonds. The minimum atomic E-state index is 0.0965. The van der Waals surface area contributed by atoms with Crippen LogP contribution in [0.2, 0.25) is 0 Å². The van der Waals surface area contributed by atoms with Gasteiger partial charge in [0.1, 0.15) is 0 Å². The second-order valence-corrected chi connectivity index (χ2v) is 2.99. The maximum Gasteiger partial charge on any atom is 0.172 e. The molecule has 3 N–H and O–H groups in total. The van der Waals surface area contributed by atoms with Crippen LogP contribution in [-0.2, 0) is 0 Å². The zero-order chi connectivity index (χ0) is 10.1. The third-order valence-electron chi connectivity index (χ3n) is 2.13. The van der Waals surface area contributed by atoms with Gasteiger partial charge in [-0.15, -0.1) is 0 Å². The number of hydrogen-bond acceptors (Lipinski definition) is 3. The van der Waals surface area contributed by atoms with Gasteiger partial charge in [-0.2, -0.15) is 0 Å². The largest absolute Gasteiger partial charge is 0.409 e. The number of pyridine rings is 1. The summed E-state index contributed by atoms with van der Waals surface area (Å²) in [7, 11) is 0. The summed E-state index contributed by atoms with van der Waals surface area (Å²) in [5.41, 5.74) is 7.95. The van der Waals surface area contributed by atoms with E-state index in [0.717, 1.165) is 11.2 Å². The first kappa shape index (κ1) is 8.55. The fourth-order valence-electron chi connectivity index (χ4n) is 1.47. The maximum absolute atomic E-state index is 8.61. The Kier molecular flexibility index (Phi) is 1.85. The van der Waals surface area contributed by atoms with Crippen LogP contribution in [0.4, 0.5) is 0 Å². The van der Waals surface area contributed by atoms with Gasteiger partial charge in [-0.25, -0.2) is 4.98 Å². The lowest BCUT2D eigenvalue weighted by molar-refractivity contribution is 0.318. The summed E-state index contributed by atoms with van der Waals surface area (Å²) >= 11 is 0. The maximum atomic E-state index is 8.61. The molecule has 2 aromatic rings. The molecule has 0 aliphatic carbocycles. The number of nitrogens with zero attached hydrogens (tertiary/aromatic N) is 3. The van der Waals surface area contributed by atoms with Crippen molar-refractivity contribution in [3.63, 3.8) is 0 Å². The Bertz CT molecular complexity index is 500. The molecule has 0 atom stereocenters. The standard InChI is InChI=1S/C9H10N4O/c1-6-8-7(9(10)12-14)3-2-4-13(8)5-11-6/h2-5,14H,1H3,(H2,10,12). The number of amidine groups is 1. The van der Waals surface area contributed by atoms with Crippen molar-refractivity contribution in [1.29, 1.82) is 0 Å². The fourth-order valence-corrected chi connectivity index (χ4v) is 1.47. The van der Waals surface area contributed by atoms with E-state index in [0.29, 0.717) is 5.56 Å². The van der Waals surface area contributed by atoms with Crippen LogP contribution < -0.4 is 5.73 Å². The van der Waals surface area contributed by atoms with E-state index >= 15 is 0 Å². The normalized spacial score (nSPS) is 12.2. The van der Waals surface area contributed by atoms with Gasteiger partial charge in [-0.3, -0.25) is 0 Å². The van der Waals surface area contributed by atoms with E-state index in [1.807, 2.05) is 23.6 Å². The molecule has 0 saturated carbocycles. The second-order valence-electron chi connectivity index (χ2n) is 2.99. The van der Waals surface area contributed by atoms with Gasteiger partial charge in [0, 0.05) is 11.8 Å². The second kappa shape index (κ2) is 3.02. The Morgan fingerprint density at radius 3 is 3.14 bits per heavy atom. The van der Waals surface area contributed by atoms with E-state index in [-0.39, 0.29) is 5.84 Å². The summed E-state index contributed by atoms with van der Waals surface area (Å²) in [5, 5.41) is 11.6. The number of fused-ring (bicyclic) bond motifs is 1. The zero-order valence-corrected chi connectivity index (χ0v) is 7.68. The summed E-state index contributed by atoms with van der Waals surface area (Å²) in [4.78, 5) is 4.14. The molecule has 72 valence electrons. The van der Waals surface area contributed by atoms with E-state index in [4.69, 9.17) is 10.9 Å². The van der Waals surface area contributed by atoms with Crippen LogP contribution in [0.1, 0.15) is 11.3 Å². The molecule has 2 aromatic heterocycles. The molecule has 0 aliphatic heterocycles. The van der Waals surface area contributed by atoms with Gasteiger partial charge in [0.25, 0.3) is 0 Å². The zero-order valence-electron chi connectivity index (χ0n) is 7.68. The van der Waals surface area contributed by atoms with Gasteiger partial charge in [0.05, 0.1) is 17.5 Å². The molecule has 0 aromatic carbocycles. The summed E-state index contributed by atoms with van der Waals surface area (Å²) < 4.78 is 1.84. The van der Waals surface area contributed by atoms with Gasteiger partial charge in [-0.1, -0.05) is 5.16 Å². The van der Waals surface area contributed by atoms with Crippen molar-refractivity contribution in [2.75, 3.05) is 0 Å². The minimum Gasteiger partial charge on any atom is -0.409 e. The van der Waals surface area contributed by atoms with Crippen molar-refractivity contribution in [1.82, 2.24) is 9.38 Å². The van der Waals surface area contributed by atoms with Gasteiger partial charge in [-0.05, 0) is 19.1 Å². The fraction of sp³-hybridized carbons (Fsp3) is 0.111. The lowest BCUT2D eigenvalue weighted by Gasteiger charge is -2.02. The monoisotopic (exact) mass is 190 g/mol. The Balaban J connectivity index is 2.82. The topological polar surface area (TPSA) is 75.9 Å². The first-order chi connectivity index (χ1) is 6.74. The molecule has 2 heterocycles. The van der Waals surface area contributed by atoms with Gasteiger partial charge in [0.15, 0.2) is 5.84 Å². The molecule has 5 nitrogen and oxygen atoms in total. The number of nitrogens with two attached hydrogens (primary N) is 1. The molecule has 0 unspecified atom stereocenters. The van der Waals surface area contributed by atoms with Crippen LogP contribution in [0.3, 0.4) is 0 Å². The Morgan fingerprint density at radius 2 is 2.43 bits per heavy atom. The third kappa shape index (κ3) is 1.10. The molecule has 0 bridgehead atoms. The van der Waals surface area contributed by atoms with Crippen LogP contribution in [0.15, 0.2) is 29.8 Å². The van der Waals surface area contributed by atoms with Crippen molar-refractivity contribution in [3.05, 3.63) is 35.9 Å². The molecule has 0 fully saturated rings. The Hall–Kier alpha value is -2.04. The molecular weight excluding hydrogens is 180 g/mol. The summed E-state index contributed by atoms with van der Waals surface area (Å²) in [6.45, 7) is 1.88. The first-order valence-electron chi connectivity index (χ1n) is 4.14. The van der Waals surface area contributed by atoms with Crippen molar-refractivity contribution >= 4 is 11.4 Å². The summed E-state index contributed by atoms with van der Waals surface area (Å²) in [5.74, 6) is 0.0965. The smallest absolute Gasteiger partial charge is 0.172 e. The van der Waals surface area contributed by atoms with Crippen LogP contribution in [0, 0.1) is 6.92 Å². The van der Waals surface area contributed by atoms with E-state index in [1.54, 1.807) is 12.4 Å². The quantitative estimate of drug-likeness (QED) is 0.301. The molecule has 5 heteroatoms. The molecule has 0 spiro atoms. The van der Waals surface area contributed by atoms with Crippen molar-refractivity contribution < 1.29 is 5.21 Å². The average molecular weight is 190 g/mol. The predicted molar refractivity (Wildman–Crippen MR) is 52.4 cm³/mol. The SMILES string of the molecule is Cc1ncn2cccc(/C(N)=N\O)c12. The van der Waals surface area contributed by atoms with E-state index in [1.165, 1.54) is 0 Å². The lowest BCUT2D eigenvalue weighted by atomic mass is 10.2. The highest BCUT2D eigenvalue weighted by Crippen LogP contribution is 2.13. The number of aromatic nitrogens is 2. The van der Waals surface area contributed by atoms with Crippen LogP contribution in [0.5, 0.6) is 0 Å². The van der Waals surface area contributed by atoms with Gasteiger partial charge < -0.3 is 15.3 Å². The van der Waals surface area contributed by atoms with E-state index in [2.05, 4.69) is 10.1 Å². The van der Waals surface area contributed by atoms with Crippen molar-refractivity contribution in [3.8, 4) is 0 Å². The third-order valence-corrected chi connectivity index (χ3v) is 2.13. The lowest BCUT2D eigenvalue weighted by Crippen LogP contribution is -2.14. The van der Waals surface area contributed by atoms with E-state index in [9.17, 15) is 0 Å². The van der Waals surface area contributed by atoms with Gasteiger partial charge >= 0.3 is 0 Å². The predicted octanol–water partition coefficient (Wildman–Crippen LogP) is 0.737. The number of rotatable bonds is 1. The van der Waals surface area contributed by atoms with Crippen molar-refractivity contribution in [2.45, 2.75) is 6.92 Å². The minimum absolute atomic E-state index is 0.0965. The Labute approximate surface area is 80.5 Å². The highest BCUT2D eigenvalue weighted by atomic mass is 16.4. The average Bonchev–Trinajstić information content (AvgIpc) is 2.59. The molecule has 14 heavy (non-hydrogen) atoms. The highest BCUT2D eigenvalue weighted by Gasteiger charge is 2.08. The molecule has 0 radical (unpaired) electrons. The molecule has 2 rings (SSSR count). The van der Waals surface area contributed by atoms with E-state index < -0.39 is 0 Å². The summed E-state index contributed by atoms with van der Waals surface area (Å²) in [6.07, 6.45) is 3.56. The first-order valence-corrected chi connectivity index (χ1v) is 4.14. The van der Waals surface area contributed by atoms with Crippen LogP contribution in [0.25, 0.3) is 5.52 Å². The summed E-state index contributed by atoms with van der Waals surface area (Å²) in [6, 6.07) is 3.61. The number of imidazole rings is 1. The number of oxime groups is 1. The molecule has 0 aliphatic rings.